The number of amides is 1. The van der Waals surface area contributed by atoms with E-state index in [2.05, 4.69) is 32.2 Å². The number of nitrogens with zero attached hydrogens (tertiary/aromatic N) is 1. The molecular formula is C24H27ClN2O2. The van der Waals surface area contributed by atoms with Gasteiger partial charge in [0.05, 0.1) is 10.6 Å². The van der Waals surface area contributed by atoms with Gasteiger partial charge in [-0.1, -0.05) is 44.5 Å². The van der Waals surface area contributed by atoms with Crippen LogP contribution >= 0.6 is 11.6 Å². The fourth-order valence-electron chi connectivity index (χ4n) is 3.80. The normalized spacial score (nSPS) is 21.4. The standard InChI is InChI=1S/C24H27ClN2O2/c1-15(2)17-4-6-18(7-5-17)24(28)27-20-9-11-23(16(3)12-20)29-21-10-8-19(14-26)22(25)13-21/h4-8,10,13,15-16,20,23H,9,11-12H2,1-3H3,(H,27,28)/t16-,20-,23-/m0/s1. The Morgan fingerprint density at radius 1 is 1.21 bits per heavy atom. The van der Waals surface area contributed by atoms with Crippen LogP contribution in [-0.2, 0) is 0 Å². The first-order chi connectivity index (χ1) is 13.9. The largest absolute Gasteiger partial charge is 0.490 e. The summed E-state index contributed by atoms with van der Waals surface area (Å²) in [4.78, 5) is 12.6. The lowest BCUT2D eigenvalue weighted by atomic mass is 9.84. The third-order valence-electron chi connectivity index (χ3n) is 5.61. The van der Waals surface area contributed by atoms with Gasteiger partial charge in [0.2, 0.25) is 0 Å². The molecule has 0 bridgehead atoms. The Labute approximate surface area is 177 Å². The Bertz CT molecular complexity index is 902. The molecule has 5 heteroatoms. The smallest absolute Gasteiger partial charge is 0.251 e. The number of hydrogen-bond donors (Lipinski definition) is 1. The van der Waals surface area contributed by atoms with Gasteiger partial charge in [-0.2, -0.15) is 5.26 Å². The molecular weight excluding hydrogens is 384 g/mol. The van der Waals surface area contributed by atoms with E-state index in [1.807, 2.05) is 24.3 Å². The van der Waals surface area contributed by atoms with Crippen LogP contribution < -0.4 is 10.1 Å². The maximum absolute atomic E-state index is 12.6. The number of carbonyl (C=O) groups is 1. The molecule has 2 aromatic carbocycles. The first-order valence-electron chi connectivity index (χ1n) is 10.1. The van der Waals surface area contributed by atoms with E-state index in [0.29, 0.717) is 33.7 Å². The molecule has 0 heterocycles. The number of halogens is 1. The molecule has 0 radical (unpaired) electrons. The molecule has 0 unspecified atom stereocenters. The molecule has 3 atom stereocenters. The molecule has 1 fully saturated rings. The summed E-state index contributed by atoms with van der Waals surface area (Å²) in [7, 11) is 0. The average molecular weight is 411 g/mol. The lowest BCUT2D eigenvalue weighted by Gasteiger charge is -2.34. The second kappa shape index (κ2) is 9.33. The van der Waals surface area contributed by atoms with Crippen molar-refractivity contribution in [2.24, 2.45) is 5.92 Å². The average Bonchev–Trinajstić information content (AvgIpc) is 2.70. The van der Waals surface area contributed by atoms with Crippen molar-refractivity contribution >= 4 is 17.5 Å². The highest BCUT2D eigenvalue weighted by Crippen LogP contribution is 2.30. The van der Waals surface area contributed by atoms with Gasteiger partial charge in [-0.15, -0.1) is 0 Å². The minimum atomic E-state index is -0.0178. The summed E-state index contributed by atoms with van der Waals surface area (Å²) >= 11 is 6.10. The fourth-order valence-corrected chi connectivity index (χ4v) is 4.01. The Balaban J connectivity index is 1.55. The molecule has 0 aromatic heterocycles. The third-order valence-corrected chi connectivity index (χ3v) is 5.93. The van der Waals surface area contributed by atoms with Crippen LogP contribution in [0.3, 0.4) is 0 Å². The van der Waals surface area contributed by atoms with E-state index < -0.39 is 0 Å². The molecule has 1 aliphatic carbocycles. The highest BCUT2D eigenvalue weighted by Gasteiger charge is 2.30. The molecule has 3 rings (SSSR count). The molecule has 2 aromatic rings. The van der Waals surface area contributed by atoms with Crippen molar-refractivity contribution < 1.29 is 9.53 Å². The second-order valence-electron chi connectivity index (χ2n) is 8.15. The number of carbonyl (C=O) groups excluding carboxylic acids is 1. The Hall–Kier alpha value is -2.51. The monoisotopic (exact) mass is 410 g/mol. The van der Waals surface area contributed by atoms with Crippen LogP contribution in [0.1, 0.15) is 67.4 Å². The molecule has 0 aliphatic heterocycles. The molecule has 1 amide bonds. The first kappa shape index (κ1) is 21.2. The van der Waals surface area contributed by atoms with Gasteiger partial charge in [-0.25, -0.2) is 0 Å². The van der Waals surface area contributed by atoms with Crippen LogP contribution in [0.5, 0.6) is 5.75 Å². The minimum Gasteiger partial charge on any atom is -0.490 e. The molecule has 4 nitrogen and oxygen atoms in total. The van der Waals surface area contributed by atoms with Crippen molar-refractivity contribution in [2.75, 3.05) is 0 Å². The number of nitriles is 1. The fraction of sp³-hybridized carbons (Fsp3) is 0.417. The second-order valence-corrected chi connectivity index (χ2v) is 8.55. The van der Waals surface area contributed by atoms with Crippen LogP contribution in [0.2, 0.25) is 5.02 Å². The van der Waals surface area contributed by atoms with Crippen LogP contribution in [0, 0.1) is 17.2 Å². The number of rotatable bonds is 5. The molecule has 0 spiro atoms. The predicted octanol–water partition coefficient (Wildman–Crippen LogP) is 5.70. The molecule has 1 saturated carbocycles. The van der Waals surface area contributed by atoms with Gasteiger partial charge in [0.15, 0.2) is 0 Å². The topological polar surface area (TPSA) is 62.1 Å². The first-order valence-corrected chi connectivity index (χ1v) is 10.5. The summed E-state index contributed by atoms with van der Waals surface area (Å²) in [6.45, 7) is 6.43. The summed E-state index contributed by atoms with van der Waals surface area (Å²) in [6, 6.07) is 15.2. The van der Waals surface area contributed by atoms with Crippen LogP contribution in [0.25, 0.3) is 0 Å². The zero-order valence-electron chi connectivity index (χ0n) is 17.1. The van der Waals surface area contributed by atoms with Gasteiger partial charge in [0.1, 0.15) is 17.9 Å². The van der Waals surface area contributed by atoms with E-state index in [0.717, 1.165) is 19.3 Å². The van der Waals surface area contributed by atoms with Crippen molar-refractivity contribution in [1.29, 1.82) is 5.26 Å². The number of hydrogen-bond acceptors (Lipinski definition) is 3. The molecule has 152 valence electrons. The number of ether oxygens (including phenoxy) is 1. The Morgan fingerprint density at radius 3 is 2.52 bits per heavy atom. The lowest BCUT2D eigenvalue weighted by Crippen LogP contribution is -2.43. The highest BCUT2D eigenvalue weighted by atomic mass is 35.5. The molecule has 1 N–H and O–H groups in total. The maximum atomic E-state index is 12.6. The van der Waals surface area contributed by atoms with E-state index in [1.54, 1.807) is 18.2 Å². The number of benzene rings is 2. The van der Waals surface area contributed by atoms with E-state index in [1.165, 1.54) is 5.56 Å². The molecule has 1 aliphatic rings. The summed E-state index contributed by atoms with van der Waals surface area (Å²) < 4.78 is 6.11. The summed E-state index contributed by atoms with van der Waals surface area (Å²) in [5.74, 6) is 1.41. The van der Waals surface area contributed by atoms with Crippen molar-refractivity contribution in [3.63, 3.8) is 0 Å². The Morgan fingerprint density at radius 2 is 1.93 bits per heavy atom. The maximum Gasteiger partial charge on any atom is 0.251 e. The summed E-state index contributed by atoms with van der Waals surface area (Å²) in [5, 5.41) is 12.6. The van der Waals surface area contributed by atoms with Crippen LogP contribution in [-0.4, -0.2) is 18.1 Å². The van der Waals surface area contributed by atoms with Crippen molar-refractivity contribution in [2.45, 2.75) is 58.1 Å². The van der Waals surface area contributed by atoms with Crippen molar-refractivity contribution in [3.8, 4) is 11.8 Å². The van der Waals surface area contributed by atoms with Gasteiger partial charge in [0.25, 0.3) is 5.91 Å². The summed E-state index contributed by atoms with van der Waals surface area (Å²) in [6.07, 6.45) is 2.66. The van der Waals surface area contributed by atoms with E-state index in [4.69, 9.17) is 21.6 Å². The van der Waals surface area contributed by atoms with E-state index in [9.17, 15) is 4.79 Å². The lowest BCUT2D eigenvalue weighted by molar-refractivity contribution is 0.0761. The Kier molecular flexibility index (Phi) is 6.82. The van der Waals surface area contributed by atoms with Crippen molar-refractivity contribution in [1.82, 2.24) is 5.32 Å². The highest BCUT2D eigenvalue weighted by molar-refractivity contribution is 6.31. The van der Waals surface area contributed by atoms with E-state index >= 15 is 0 Å². The molecule has 29 heavy (non-hydrogen) atoms. The number of nitrogens with one attached hydrogen (secondary N) is 1. The van der Waals surface area contributed by atoms with Gasteiger partial charge >= 0.3 is 0 Å². The zero-order valence-corrected chi connectivity index (χ0v) is 17.9. The SMILES string of the molecule is CC(C)c1ccc(C(=O)N[C@H]2CC[C@H](Oc3ccc(C#N)c(Cl)c3)[C@@H](C)C2)cc1. The predicted molar refractivity (Wildman–Crippen MR) is 115 cm³/mol. The zero-order chi connectivity index (χ0) is 21.0. The third kappa shape index (κ3) is 5.31. The van der Waals surface area contributed by atoms with Crippen LogP contribution in [0.15, 0.2) is 42.5 Å². The van der Waals surface area contributed by atoms with E-state index in [-0.39, 0.29) is 18.1 Å². The van der Waals surface area contributed by atoms with Gasteiger partial charge in [-0.05, 0) is 60.9 Å². The van der Waals surface area contributed by atoms with Gasteiger partial charge in [-0.3, -0.25) is 4.79 Å². The quantitative estimate of drug-likeness (QED) is 0.687. The minimum absolute atomic E-state index is 0.0178. The van der Waals surface area contributed by atoms with Crippen molar-refractivity contribution in [3.05, 3.63) is 64.2 Å². The van der Waals surface area contributed by atoms with Gasteiger partial charge in [0, 0.05) is 17.7 Å². The summed E-state index contributed by atoms with van der Waals surface area (Å²) in [5.41, 5.74) is 2.38. The van der Waals surface area contributed by atoms with Gasteiger partial charge < -0.3 is 10.1 Å². The van der Waals surface area contributed by atoms with Crippen LogP contribution in [0.4, 0.5) is 0 Å². The molecule has 0 saturated heterocycles.